The van der Waals surface area contributed by atoms with Crippen molar-refractivity contribution in [3.8, 4) is 0 Å². The van der Waals surface area contributed by atoms with Crippen LogP contribution in [0.2, 0.25) is 0 Å². The minimum Gasteiger partial charge on any atom is -0.338 e. The number of carbonyl (C=O) groups is 1. The summed E-state index contributed by atoms with van der Waals surface area (Å²) >= 11 is 1.51. The topological polar surface area (TPSA) is 59.0 Å². The van der Waals surface area contributed by atoms with E-state index in [0.717, 1.165) is 29.0 Å². The van der Waals surface area contributed by atoms with Crippen molar-refractivity contribution >= 4 is 33.4 Å². The van der Waals surface area contributed by atoms with Crippen molar-refractivity contribution < 1.29 is 4.79 Å². The normalized spacial score (nSPS) is 10.7. The standard InChI is InChI=1S/C15H16N4OS/c20-15(18-13-5-2-11-21-13)17-8-3-9-19-10-6-12-4-1-7-16-14(12)19/h1-2,4-7,10-11H,3,8-9H2,(H2,17,18,20). The van der Waals surface area contributed by atoms with E-state index in [1.165, 1.54) is 11.3 Å². The Labute approximate surface area is 126 Å². The van der Waals surface area contributed by atoms with Crippen LogP contribution in [0.25, 0.3) is 11.0 Å². The summed E-state index contributed by atoms with van der Waals surface area (Å²) in [4.78, 5) is 16.0. The highest BCUT2D eigenvalue weighted by Gasteiger charge is 2.03. The maximum Gasteiger partial charge on any atom is 0.319 e. The quantitative estimate of drug-likeness (QED) is 0.710. The molecule has 2 N–H and O–H groups in total. The molecule has 3 aromatic rings. The number of rotatable bonds is 5. The van der Waals surface area contributed by atoms with Crippen LogP contribution in [-0.4, -0.2) is 22.1 Å². The predicted molar refractivity (Wildman–Crippen MR) is 85.7 cm³/mol. The van der Waals surface area contributed by atoms with E-state index >= 15 is 0 Å². The predicted octanol–water partition coefficient (Wildman–Crippen LogP) is 3.31. The third-order valence-electron chi connectivity index (χ3n) is 3.14. The van der Waals surface area contributed by atoms with Gasteiger partial charge in [0.05, 0.1) is 5.00 Å². The number of amides is 2. The van der Waals surface area contributed by atoms with Crippen LogP contribution in [0.4, 0.5) is 9.80 Å². The summed E-state index contributed by atoms with van der Waals surface area (Å²) in [5.74, 6) is 0. The fraction of sp³-hybridized carbons (Fsp3) is 0.200. The molecule has 0 saturated heterocycles. The first-order valence-electron chi connectivity index (χ1n) is 6.81. The van der Waals surface area contributed by atoms with E-state index in [4.69, 9.17) is 0 Å². The molecule has 0 spiro atoms. The van der Waals surface area contributed by atoms with Crippen molar-refractivity contribution in [3.05, 3.63) is 48.1 Å². The molecule has 3 rings (SSSR count). The molecule has 3 aromatic heterocycles. The number of fused-ring (bicyclic) bond motifs is 1. The largest absolute Gasteiger partial charge is 0.338 e. The van der Waals surface area contributed by atoms with Crippen molar-refractivity contribution in [3.63, 3.8) is 0 Å². The van der Waals surface area contributed by atoms with E-state index in [1.807, 2.05) is 35.8 Å². The van der Waals surface area contributed by atoms with Crippen molar-refractivity contribution in [2.24, 2.45) is 0 Å². The lowest BCUT2D eigenvalue weighted by Crippen LogP contribution is -2.29. The Kier molecular flexibility index (Phi) is 4.16. The number of aryl methyl sites for hydroxylation is 1. The number of nitrogens with zero attached hydrogens (tertiary/aromatic N) is 2. The minimum absolute atomic E-state index is 0.159. The summed E-state index contributed by atoms with van der Waals surface area (Å²) < 4.78 is 2.11. The second kappa shape index (κ2) is 6.41. The average Bonchev–Trinajstić information content (AvgIpc) is 3.13. The van der Waals surface area contributed by atoms with Gasteiger partial charge in [-0.3, -0.25) is 5.32 Å². The van der Waals surface area contributed by atoms with E-state index in [0.29, 0.717) is 6.54 Å². The number of urea groups is 1. The minimum atomic E-state index is -0.159. The summed E-state index contributed by atoms with van der Waals surface area (Å²) in [6, 6.07) is 9.66. The van der Waals surface area contributed by atoms with Crippen molar-refractivity contribution in [1.82, 2.24) is 14.9 Å². The number of anilines is 1. The highest BCUT2D eigenvalue weighted by molar-refractivity contribution is 7.14. The third-order valence-corrected chi connectivity index (χ3v) is 3.93. The second-order valence-corrected chi connectivity index (χ2v) is 5.58. The number of hydrogen-bond acceptors (Lipinski definition) is 3. The Hall–Kier alpha value is -2.34. The van der Waals surface area contributed by atoms with Gasteiger partial charge in [0.2, 0.25) is 0 Å². The zero-order valence-corrected chi connectivity index (χ0v) is 12.3. The molecule has 6 heteroatoms. The van der Waals surface area contributed by atoms with E-state index in [1.54, 1.807) is 6.20 Å². The lowest BCUT2D eigenvalue weighted by Gasteiger charge is -2.07. The van der Waals surface area contributed by atoms with Gasteiger partial charge in [0, 0.05) is 30.9 Å². The molecular formula is C15H16N4OS. The molecule has 21 heavy (non-hydrogen) atoms. The Morgan fingerprint density at radius 3 is 3.10 bits per heavy atom. The SMILES string of the molecule is O=C(NCCCn1ccc2cccnc21)Nc1cccs1. The second-order valence-electron chi connectivity index (χ2n) is 4.64. The average molecular weight is 300 g/mol. The molecule has 0 aliphatic heterocycles. The van der Waals surface area contributed by atoms with Crippen LogP contribution in [0, 0.1) is 0 Å². The maximum absolute atomic E-state index is 11.6. The van der Waals surface area contributed by atoms with Crippen LogP contribution in [0.1, 0.15) is 6.42 Å². The highest BCUT2D eigenvalue weighted by Crippen LogP contribution is 2.14. The van der Waals surface area contributed by atoms with E-state index in [2.05, 4.69) is 26.3 Å². The van der Waals surface area contributed by atoms with Crippen LogP contribution >= 0.6 is 11.3 Å². The molecule has 0 fully saturated rings. The number of carbonyl (C=O) groups excluding carboxylic acids is 1. The van der Waals surface area contributed by atoms with Crippen molar-refractivity contribution in [1.29, 1.82) is 0 Å². The zero-order valence-electron chi connectivity index (χ0n) is 11.5. The van der Waals surface area contributed by atoms with Gasteiger partial charge in [0.1, 0.15) is 5.65 Å². The van der Waals surface area contributed by atoms with E-state index in [9.17, 15) is 4.79 Å². The Bertz CT molecular complexity index is 720. The summed E-state index contributed by atoms with van der Waals surface area (Å²) in [6.45, 7) is 1.46. The molecule has 2 amide bonds. The first-order valence-corrected chi connectivity index (χ1v) is 7.69. The molecule has 0 aliphatic rings. The number of hydrogen-bond donors (Lipinski definition) is 2. The van der Waals surface area contributed by atoms with Crippen LogP contribution in [0.3, 0.4) is 0 Å². The van der Waals surface area contributed by atoms with Gasteiger partial charge < -0.3 is 9.88 Å². The monoisotopic (exact) mass is 300 g/mol. The van der Waals surface area contributed by atoms with Gasteiger partial charge in [-0.2, -0.15) is 0 Å². The molecule has 0 bridgehead atoms. The molecule has 3 heterocycles. The van der Waals surface area contributed by atoms with Crippen molar-refractivity contribution in [2.45, 2.75) is 13.0 Å². The fourth-order valence-corrected chi connectivity index (χ4v) is 2.77. The summed E-state index contributed by atoms with van der Waals surface area (Å²) in [7, 11) is 0. The van der Waals surface area contributed by atoms with Gasteiger partial charge in [0.15, 0.2) is 0 Å². The van der Waals surface area contributed by atoms with E-state index in [-0.39, 0.29) is 6.03 Å². The van der Waals surface area contributed by atoms with Crippen LogP contribution < -0.4 is 10.6 Å². The van der Waals surface area contributed by atoms with Gasteiger partial charge in [-0.1, -0.05) is 0 Å². The molecule has 0 unspecified atom stereocenters. The third kappa shape index (κ3) is 3.41. The van der Waals surface area contributed by atoms with Gasteiger partial charge >= 0.3 is 6.03 Å². The first kappa shape index (κ1) is 13.6. The van der Waals surface area contributed by atoms with Gasteiger partial charge in [-0.15, -0.1) is 11.3 Å². The maximum atomic E-state index is 11.6. The van der Waals surface area contributed by atoms with Crippen LogP contribution in [-0.2, 0) is 6.54 Å². The number of thiophene rings is 1. The fourth-order valence-electron chi connectivity index (χ4n) is 2.16. The summed E-state index contributed by atoms with van der Waals surface area (Å²) in [5.41, 5.74) is 0.987. The number of nitrogens with one attached hydrogen (secondary N) is 2. The molecule has 0 atom stereocenters. The van der Waals surface area contributed by atoms with Gasteiger partial charge in [0.25, 0.3) is 0 Å². The van der Waals surface area contributed by atoms with Gasteiger partial charge in [-0.05, 0) is 42.1 Å². The molecule has 0 aliphatic carbocycles. The lowest BCUT2D eigenvalue weighted by molar-refractivity contribution is 0.252. The Morgan fingerprint density at radius 2 is 2.24 bits per heavy atom. The molecule has 0 aromatic carbocycles. The summed E-state index contributed by atoms with van der Waals surface area (Å²) in [5, 5.41) is 9.57. The van der Waals surface area contributed by atoms with Crippen molar-refractivity contribution in [2.75, 3.05) is 11.9 Å². The number of aromatic nitrogens is 2. The molecular weight excluding hydrogens is 284 g/mol. The summed E-state index contributed by atoms with van der Waals surface area (Å²) in [6.07, 6.45) is 4.69. The first-order chi connectivity index (χ1) is 10.3. The number of pyridine rings is 1. The Balaban J connectivity index is 1.45. The van der Waals surface area contributed by atoms with Crippen LogP contribution in [0.5, 0.6) is 0 Å². The highest BCUT2D eigenvalue weighted by atomic mass is 32.1. The molecule has 108 valence electrons. The lowest BCUT2D eigenvalue weighted by atomic mass is 10.3. The van der Waals surface area contributed by atoms with Gasteiger partial charge in [-0.25, -0.2) is 9.78 Å². The van der Waals surface area contributed by atoms with Crippen LogP contribution in [0.15, 0.2) is 48.1 Å². The smallest absolute Gasteiger partial charge is 0.319 e. The van der Waals surface area contributed by atoms with E-state index < -0.39 is 0 Å². The molecule has 5 nitrogen and oxygen atoms in total. The molecule has 0 radical (unpaired) electrons. The Morgan fingerprint density at radius 1 is 1.29 bits per heavy atom. The molecule has 0 saturated carbocycles. The zero-order chi connectivity index (χ0) is 14.5.